The molecule has 0 aromatic heterocycles. The number of thiocarbonyl (C=S) groups is 2. The van der Waals surface area contributed by atoms with Gasteiger partial charge in [-0.25, -0.2) is 8.42 Å². The highest BCUT2D eigenvalue weighted by Crippen LogP contribution is 2.24. The average Bonchev–Trinajstić information content (AvgIpc) is 2.92. The number of sulfone groups is 1. The fraction of sp³-hybridized carbons (Fsp3) is 0. The highest BCUT2D eigenvalue weighted by atomic mass is 32.2. The summed E-state index contributed by atoms with van der Waals surface area (Å²) in [4.78, 5) is 0.341. The largest absolute Gasteiger partial charge is 0.331 e. The van der Waals surface area contributed by atoms with E-state index in [0.717, 1.165) is 11.4 Å². The lowest BCUT2D eigenvalue weighted by Crippen LogP contribution is -2.33. The molecule has 0 spiro atoms. The molecule has 0 saturated heterocycles. The van der Waals surface area contributed by atoms with Gasteiger partial charge in [-0.3, -0.25) is 21.7 Å². The number of rotatable bonds is 8. The van der Waals surface area contributed by atoms with E-state index >= 15 is 0 Å². The lowest BCUT2D eigenvalue weighted by Gasteiger charge is -2.13. The van der Waals surface area contributed by atoms with Gasteiger partial charge in [0.2, 0.25) is 9.84 Å². The van der Waals surface area contributed by atoms with Crippen molar-refractivity contribution in [3.8, 4) is 0 Å². The summed E-state index contributed by atoms with van der Waals surface area (Å²) in [6.07, 6.45) is 0. The molecule has 37 heavy (non-hydrogen) atoms. The van der Waals surface area contributed by atoms with Crippen LogP contribution in [-0.2, 0) is 9.84 Å². The molecule has 0 aliphatic rings. The van der Waals surface area contributed by atoms with Gasteiger partial charge in [0.15, 0.2) is 10.2 Å². The molecular weight excluding hydrogens is 525 g/mol. The summed E-state index contributed by atoms with van der Waals surface area (Å²) < 4.78 is 26.2. The molecule has 0 fully saturated rings. The summed E-state index contributed by atoms with van der Waals surface area (Å²) in [6.45, 7) is 0. The Morgan fingerprint density at radius 1 is 0.486 bits per heavy atom. The van der Waals surface area contributed by atoms with Gasteiger partial charge in [-0.15, -0.1) is 0 Å². The summed E-state index contributed by atoms with van der Waals surface area (Å²) in [5.74, 6) is 0. The number of benzene rings is 4. The number of hydrazine groups is 2. The second-order valence-corrected chi connectivity index (χ2v) is 10.5. The smallest absolute Gasteiger partial charge is 0.206 e. The van der Waals surface area contributed by atoms with Gasteiger partial charge in [0, 0.05) is 11.4 Å². The first kappa shape index (κ1) is 25.9. The first-order valence-corrected chi connectivity index (χ1v) is 13.4. The molecule has 0 aliphatic heterocycles. The third-order valence-corrected chi connectivity index (χ3v) is 7.23. The maximum absolute atomic E-state index is 13.1. The Hall–Kier alpha value is -4.19. The first-order valence-electron chi connectivity index (χ1n) is 11.1. The summed E-state index contributed by atoms with van der Waals surface area (Å²) in [5.41, 5.74) is 14.7. The maximum atomic E-state index is 13.1. The van der Waals surface area contributed by atoms with E-state index in [1.54, 1.807) is 24.3 Å². The molecule has 0 heterocycles. The van der Waals surface area contributed by atoms with Crippen molar-refractivity contribution in [1.82, 2.24) is 10.9 Å². The molecule has 0 atom stereocenters. The number of hydrogen-bond donors (Lipinski definition) is 6. The van der Waals surface area contributed by atoms with Crippen LogP contribution in [0.25, 0.3) is 0 Å². The van der Waals surface area contributed by atoms with Crippen LogP contribution in [0.4, 0.5) is 22.7 Å². The van der Waals surface area contributed by atoms with Crippen molar-refractivity contribution in [2.45, 2.75) is 9.79 Å². The van der Waals surface area contributed by atoms with E-state index < -0.39 is 9.84 Å². The molecule has 4 aromatic carbocycles. The summed E-state index contributed by atoms with van der Waals surface area (Å²) in [6, 6.07) is 31.8. The van der Waals surface area contributed by atoms with Crippen molar-refractivity contribution in [3.63, 3.8) is 0 Å². The summed E-state index contributed by atoms with van der Waals surface area (Å²) >= 11 is 10.5. The fourth-order valence-corrected chi connectivity index (χ4v) is 4.80. The molecule has 188 valence electrons. The molecule has 0 saturated carbocycles. The van der Waals surface area contributed by atoms with Gasteiger partial charge in [0.25, 0.3) is 0 Å². The maximum Gasteiger partial charge on any atom is 0.206 e. The highest BCUT2D eigenvalue weighted by molar-refractivity contribution is 7.91. The zero-order valence-corrected chi connectivity index (χ0v) is 21.9. The number of para-hydroxylation sites is 2. The molecule has 4 aromatic rings. The Labute approximate surface area is 226 Å². The Kier molecular flexibility index (Phi) is 8.52. The van der Waals surface area contributed by atoms with Crippen molar-refractivity contribution in [3.05, 3.63) is 109 Å². The molecule has 0 amide bonds. The van der Waals surface area contributed by atoms with Gasteiger partial charge in [0.05, 0.1) is 21.2 Å². The van der Waals surface area contributed by atoms with Crippen LogP contribution >= 0.6 is 24.4 Å². The Morgan fingerprint density at radius 2 is 0.838 bits per heavy atom. The molecule has 8 nitrogen and oxygen atoms in total. The predicted molar refractivity (Wildman–Crippen MR) is 157 cm³/mol. The van der Waals surface area contributed by atoms with Gasteiger partial charge in [0.1, 0.15) is 0 Å². The van der Waals surface area contributed by atoms with E-state index in [1.165, 1.54) is 24.3 Å². The first-order chi connectivity index (χ1) is 17.9. The van der Waals surface area contributed by atoms with Crippen LogP contribution in [0.15, 0.2) is 119 Å². The minimum atomic E-state index is -3.70. The lowest BCUT2D eigenvalue weighted by atomic mass is 10.3. The van der Waals surface area contributed by atoms with Gasteiger partial charge < -0.3 is 10.6 Å². The Morgan fingerprint density at radius 3 is 1.19 bits per heavy atom. The zero-order chi connectivity index (χ0) is 26.1. The monoisotopic (exact) mass is 548 g/mol. The summed E-state index contributed by atoms with van der Waals surface area (Å²) in [5, 5.41) is 6.70. The van der Waals surface area contributed by atoms with E-state index in [0.29, 0.717) is 21.6 Å². The van der Waals surface area contributed by atoms with E-state index in [-0.39, 0.29) is 9.79 Å². The van der Waals surface area contributed by atoms with Gasteiger partial charge in [-0.1, -0.05) is 36.4 Å². The SMILES string of the molecule is O=S(=O)(c1ccc(NC(=S)NNc2ccccc2)cc1)c1ccc(NC(=S)NNc2ccccc2)cc1. The fourth-order valence-electron chi connectivity index (χ4n) is 3.20. The molecule has 4 rings (SSSR count). The second-order valence-electron chi connectivity index (χ2n) is 7.69. The third-order valence-electron chi connectivity index (χ3n) is 5.03. The van der Waals surface area contributed by atoms with Gasteiger partial charge in [-0.2, -0.15) is 0 Å². The Bertz CT molecular complexity index is 1340. The quantitative estimate of drug-likeness (QED) is 0.131. The molecule has 0 unspecified atom stereocenters. The van der Waals surface area contributed by atoms with Crippen molar-refractivity contribution in [2.75, 3.05) is 21.5 Å². The van der Waals surface area contributed by atoms with Gasteiger partial charge >= 0.3 is 0 Å². The van der Waals surface area contributed by atoms with Crippen LogP contribution in [-0.4, -0.2) is 18.6 Å². The second kappa shape index (κ2) is 12.2. The van der Waals surface area contributed by atoms with E-state index in [9.17, 15) is 8.42 Å². The van der Waals surface area contributed by atoms with E-state index in [2.05, 4.69) is 32.3 Å². The van der Waals surface area contributed by atoms with Crippen molar-refractivity contribution < 1.29 is 8.42 Å². The lowest BCUT2D eigenvalue weighted by molar-refractivity contribution is 0.596. The topological polar surface area (TPSA) is 106 Å². The van der Waals surface area contributed by atoms with E-state index in [4.69, 9.17) is 24.4 Å². The number of anilines is 4. The molecule has 11 heteroatoms. The summed E-state index contributed by atoms with van der Waals surface area (Å²) in [7, 11) is -3.70. The normalized spacial score (nSPS) is 10.6. The number of hydrogen-bond acceptors (Lipinski definition) is 6. The third kappa shape index (κ3) is 7.40. The van der Waals surface area contributed by atoms with Crippen LogP contribution in [0.1, 0.15) is 0 Å². The predicted octanol–water partition coefficient (Wildman–Crippen LogP) is 5.15. The molecular formula is C26H24N6O2S3. The molecule has 0 radical (unpaired) electrons. The van der Waals surface area contributed by atoms with Crippen molar-refractivity contribution in [1.29, 1.82) is 0 Å². The minimum Gasteiger partial charge on any atom is -0.331 e. The van der Waals surface area contributed by atoms with Crippen molar-refractivity contribution >= 4 is 67.2 Å². The van der Waals surface area contributed by atoms with Crippen LogP contribution in [0.3, 0.4) is 0 Å². The standard InChI is InChI=1S/C26H24N6O2S3/c33-37(34,23-15-11-19(12-16-23)27-25(35)31-29-21-7-3-1-4-8-21)24-17-13-20(14-18-24)28-26(36)32-30-22-9-5-2-6-10-22/h1-18,29-30H,(H2,27,31,35)(H2,28,32,36). The highest BCUT2D eigenvalue weighted by Gasteiger charge is 2.17. The van der Waals surface area contributed by atoms with Crippen LogP contribution in [0.2, 0.25) is 0 Å². The molecule has 0 aliphatic carbocycles. The van der Waals surface area contributed by atoms with Crippen molar-refractivity contribution in [2.24, 2.45) is 0 Å². The zero-order valence-electron chi connectivity index (χ0n) is 19.4. The number of nitrogens with one attached hydrogen (secondary N) is 6. The molecule has 0 bridgehead atoms. The minimum absolute atomic E-state index is 0.171. The van der Waals surface area contributed by atoms with Crippen LogP contribution in [0, 0.1) is 0 Å². The van der Waals surface area contributed by atoms with Crippen LogP contribution < -0.4 is 32.3 Å². The van der Waals surface area contributed by atoms with E-state index in [1.807, 2.05) is 60.7 Å². The van der Waals surface area contributed by atoms with Gasteiger partial charge in [-0.05, 0) is 97.2 Å². The van der Waals surface area contributed by atoms with Crippen LogP contribution in [0.5, 0.6) is 0 Å². The molecule has 6 N–H and O–H groups in total. The Balaban J connectivity index is 1.31. The average molecular weight is 549 g/mol.